The van der Waals surface area contributed by atoms with E-state index in [1.165, 1.54) is 70.6 Å². The van der Waals surface area contributed by atoms with Gasteiger partial charge in [0, 0.05) is 6.04 Å². The quantitative estimate of drug-likeness (QED) is 0.477. The zero-order chi connectivity index (χ0) is 20.9. The van der Waals surface area contributed by atoms with Crippen LogP contribution in [0.25, 0.3) is 0 Å². The summed E-state index contributed by atoms with van der Waals surface area (Å²) < 4.78 is 0. The summed E-state index contributed by atoms with van der Waals surface area (Å²) in [5, 5.41) is 0. The lowest BCUT2D eigenvalue weighted by molar-refractivity contribution is -0.0455. The van der Waals surface area contributed by atoms with Crippen molar-refractivity contribution in [1.29, 1.82) is 0 Å². The maximum Gasteiger partial charge on any atom is 0.00790 e. The Kier molecular flexibility index (Phi) is 5.58. The van der Waals surface area contributed by atoms with Crippen molar-refractivity contribution in [1.82, 2.24) is 0 Å². The van der Waals surface area contributed by atoms with Gasteiger partial charge in [-0.25, -0.2) is 0 Å². The minimum Gasteiger partial charge on any atom is -0.327 e. The second kappa shape index (κ2) is 7.95. The largest absolute Gasteiger partial charge is 0.327 e. The molecule has 2 N–H and O–H groups in total. The van der Waals surface area contributed by atoms with Crippen molar-refractivity contribution < 1.29 is 0 Å². The predicted molar refractivity (Wildman–Crippen MR) is 128 cm³/mol. The first kappa shape index (κ1) is 21.0. The van der Waals surface area contributed by atoms with E-state index in [1.807, 2.05) is 5.57 Å². The molecule has 5 rings (SSSR count). The normalized spacial score (nSPS) is 46.3. The number of hydrogen-bond donors (Lipinski definition) is 1. The van der Waals surface area contributed by atoms with Crippen molar-refractivity contribution in [2.24, 2.45) is 46.2 Å². The average molecular weight is 408 g/mol. The average Bonchev–Trinajstić information content (AvgIpc) is 3.05. The molecule has 0 saturated heterocycles. The molecule has 0 aromatic rings. The van der Waals surface area contributed by atoms with Crippen molar-refractivity contribution in [2.45, 2.75) is 104 Å². The first-order valence-corrected chi connectivity index (χ1v) is 13.2. The SMILES string of the molecule is C[C@H]1CCC2(C)C(=CCC3C2CCC2(C)C(C[C@H](N)CC4=CC=CCC4)CCC32)C1. The van der Waals surface area contributed by atoms with Crippen LogP contribution in [0, 0.1) is 40.4 Å². The molecule has 6 unspecified atom stereocenters. The van der Waals surface area contributed by atoms with E-state index in [-0.39, 0.29) is 0 Å². The fourth-order valence-corrected chi connectivity index (χ4v) is 8.95. The van der Waals surface area contributed by atoms with Crippen LogP contribution in [0.15, 0.2) is 35.5 Å². The van der Waals surface area contributed by atoms with Gasteiger partial charge in [-0.15, -0.1) is 0 Å². The van der Waals surface area contributed by atoms with Crippen molar-refractivity contribution in [3.63, 3.8) is 0 Å². The van der Waals surface area contributed by atoms with Crippen molar-refractivity contribution in [3.05, 3.63) is 35.5 Å². The van der Waals surface area contributed by atoms with E-state index in [0.29, 0.717) is 16.9 Å². The molecule has 3 fully saturated rings. The van der Waals surface area contributed by atoms with Crippen molar-refractivity contribution in [3.8, 4) is 0 Å². The van der Waals surface area contributed by atoms with E-state index in [2.05, 4.69) is 45.1 Å². The molecule has 5 aliphatic carbocycles. The molecule has 0 aliphatic heterocycles. The Bertz CT molecular complexity index is 743. The van der Waals surface area contributed by atoms with Gasteiger partial charge in [0.05, 0.1) is 0 Å². The summed E-state index contributed by atoms with van der Waals surface area (Å²) in [7, 11) is 0. The Labute approximate surface area is 185 Å². The number of allylic oxidation sites excluding steroid dienone is 5. The Hall–Kier alpha value is -0.820. The maximum atomic E-state index is 6.74. The molecule has 0 spiro atoms. The Morgan fingerprint density at radius 2 is 1.97 bits per heavy atom. The Morgan fingerprint density at radius 1 is 1.10 bits per heavy atom. The van der Waals surface area contributed by atoms with Gasteiger partial charge >= 0.3 is 0 Å². The molecule has 0 heterocycles. The molecule has 166 valence electrons. The lowest BCUT2D eigenvalue weighted by Crippen LogP contribution is -2.50. The van der Waals surface area contributed by atoms with Gasteiger partial charge in [-0.05, 0) is 117 Å². The topological polar surface area (TPSA) is 26.0 Å². The first-order valence-electron chi connectivity index (χ1n) is 13.2. The van der Waals surface area contributed by atoms with E-state index in [1.54, 1.807) is 5.57 Å². The monoisotopic (exact) mass is 407 g/mol. The highest BCUT2D eigenvalue weighted by Gasteiger charge is 2.58. The lowest BCUT2D eigenvalue weighted by atomic mass is 9.47. The predicted octanol–water partition coefficient (Wildman–Crippen LogP) is 7.59. The first-order chi connectivity index (χ1) is 14.4. The van der Waals surface area contributed by atoms with E-state index < -0.39 is 0 Å². The van der Waals surface area contributed by atoms with Crippen LogP contribution >= 0.6 is 0 Å². The zero-order valence-corrected chi connectivity index (χ0v) is 19.8. The summed E-state index contributed by atoms with van der Waals surface area (Å²) >= 11 is 0. The summed E-state index contributed by atoms with van der Waals surface area (Å²) in [5.41, 5.74) is 11.2. The van der Waals surface area contributed by atoms with Crippen LogP contribution in [0.3, 0.4) is 0 Å². The van der Waals surface area contributed by atoms with Crippen LogP contribution in [0.4, 0.5) is 0 Å². The van der Waals surface area contributed by atoms with Crippen LogP contribution in [0.5, 0.6) is 0 Å². The Balaban J connectivity index is 1.29. The summed E-state index contributed by atoms with van der Waals surface area (Å²) in [5.74, 6) is 4.59. The minimum atomic E-state index is 0.358. The third kappa shape index (κ3) is 3.48. The fraction of sp³-hybridized carbons (Fsp3) is 0.793. The summed E-state index contributed by atoms with van der Waals surface area (Å²) in [6.07, 6.45) is 25.9. The van der Waals surface area contributed by atoms with Gasteiger partial charge in [0.2, 0.25) is 0 Å². The zero-order valence-electron chi connectivity index (χ0n) is 19.8. The van der Waals surface area contributed by atoms with E-state index in [0.717, 1.165) is 36.0 Å². The molecule has 0 aromatic heterocycles. The molecule has 0 aromatic carbocycles. The van der Waals surface area contributed by atoms with Crippen LogP contribution in [0.1, 0.15) is 97.8 Å². The summed E-state index contributed by atoms with van der Waals surface area (Å²) in [4.78, 5) is 0. The molecule has 0 bridgehead atoms. The molecular formula is C29H45N. The lowest BCUT2D eigenvalue weighted by Gasteiger charge is -2.58. The van der Waals surface area contributed by atoms with Crippen LogP contribution in [-0.4, -0.2) is 6.04 Å². The highest BCUT2D eigenvalue weighted by Crippen LogP contribution is 2.67. The van der Waals surface area contributed by atoms with Crippen LogP contribution < -0.4 is 5.73 Å². The Morgan fingerprint density at radius 3 is 2.77 bits per heavy atom. The number of nitrogens with two attached hydrogens (primary N) is 1. The fourth-order valence-electron chi connectivity index (χ4n) is 8.95. The van der Waals surface area contributed by atoms with Gasteiger partial charge < -0.3 is 5.73 Å². The molecule has 8 atom stereocenters. The summed E-state index contributed by atoms with van der Waals surface area (Å²) in [6.45, 7) is 7.79. The standard InChI is InChI=1S/C29H45N/c1-20-13-15-28(2)22(17-20)9-11-25-26-12-10-23(29(26,3)16-14-27(25)28)19-24(30)18-21-7-5-4-6-8-21/h4-5,7,9,20,23-27H,6,8,10-19,30H2,1-3H3/t20-,23?,24+,25?,26?,27?,28?,29?/m0/s1. The second-order valence-corrected chi connectivity index (χ2v) is 12.4. The molecular weight excluding hydrogens is 362 g/mol. The molecule has 1 heteroatoms. The van der Waals surface area contributed by atoms with Gasteiger partial charge in [0.25, 0.3) is 0 Å². The maximum absolute atomic E-state index is 6.74. The smallest absolute Gasteiger partial charge is 0.00790 e. The van der Waals surface area contributed by atoms with Crippen LogP contribution in [0.2, 0.25) is 0 Å². The van der Waals surface area contributed by atoms with E-state index in [4.69, 9.17) is 5.73 Å². The van der Waals surface area contributed by atoms with Crippen molar-refractivity contribution >= 4 is 0 Å². The molecule has 3 saturated carbocycles. The van der Waals surface area contributed by atoms with Gasteiger partial charge in [0.1, 0.15) is 0 Å². The molecule has 30 heavy (non-hydrogen) atoms. The highest BCUT2D eigenvalue weighted by molar-refractivity contribution is 5.25. The third-order valence-corrected chi connectivity index (χ3v) is 10.8. The molecule has 1 nitrogen and oxygen atoms in total. The van der Waals surface area contributed by atoms with Crippen molar-refractivity contribution in [2.75, 3.05) is 0 Å². The second-order valence-electron chi connectivity index (χ2n) is 12.4. The minimum absolute atomic E-state index is 0.358. The number of hydrogen-bond acceptors (Lipinski definition) is 1. The van der Waals surface area contributed by atoms with E-state index in [9.17, 15) is 0 Å². The number of fused-ring (bicyclic) bond motifs is 5. The van der Waals surface area contributed by atoms with Gasteiger partial charge in [0.15, 0.2) is 0 Å². The number of rotatable bonds is 4. The van der Waals surface area contributed by atoms with E-state index >= 15 is 0 Å². The molecule has 5 aliphatic rings. The molecule has 0 radical (unpaired) electrons. The van der Waals surface area contributed by atoms with Gasteiger partial charge in [-0.2, -0.15) is 0 Å². The highest BCUT2D eigenvalue weighted by atomic mass is 14.7. The van der Waals surface area contributed by atoms with Gasteiger partial charge in [-0.3, -0.25) is 0 Å². The third-order valence-electron chi connectivity index (χ3n) is 10.8. The van der Waals surface area contributed by atoms with Gasteiger partial charge in [-0.1, -0.05) is 56.2 Å². The van der Waals surface area contributed by atoms with Crippen LogP contribution in [-0.2, 0) is 0 Å². The molecule has 0 amide bonds. The summed E-state index contributed by atoms with van der Waals surface area (Å²) in [6, 6.07) is 0.358.